The number of halogens is 2. The molecule has 1 atom stereocenters. The molecule has 9 heteroatoms. The number of carboxylic acid groups (broad SMARTS) is 1. The number of sulfonamides is 1. The number of carbonyl (C=O) groups is 1. The highest BCUT2D eigenvalue weighted by Gasteiger charge is 2.22. The molecule has 1 unspecified atom stereocenters. The molecule has 118 valence electrons. The van der Waals surface area contributed by atoms with Crippen LogP contribution in [0.1, 0.15) is 17.3 Å². The van der Waals surface area contributed by atoms with Gasteiger partial charge >= 0.3 is 5.97 Å². The Morgan fingerprint density at radius 2 is 2.05 bits per heavy atom. The van der Waals surface area contributed by atoms with Gasteiger partial charge in [-0.1, -0.05) is 11.6 Å². The summed E-state index contributed by atoms with van der Waals surface area (Å²) in [6.07, 6.45) is 0. The molecule has 1 aromatic carbocycles. The van der Waals surface area contributed by atoms with E-state index in [1.54, 1.807) is 6.92 Å². The zero-order valence-corrected chi connectivity index (χ0v) is 14.9. The number of nitrogens with zero attached hydrogens (tertiary/aromatic N) is 1. The number of carboxylic acids is 1. The largest absolute Gasteiger partial charge is 0.478 e. The van der Waals surface area contributed by atoms with Crippen molar-refractivity contribution in [2.45, 2.75) is 17.9 Å². The third-order valence-corrected chi connectivity index (χ3v) is 5.37. The number of likely N-dealkylation sites (N-methyl/N-ethyl adjacent to an activating group) is 1. The lowest BCUT2D eigenvalue weighted by Gasteiger charge is -2.18. The molecule has 0 heterocycles. The molecule has 21 heavy (non-hydrogen) atoms. The van der Waals surface area contributed by atoms with Gasteiger partial charge < -0.3 is 10.0 Å². The SMILES string of the molecule is CC(CN(C)C)NS(=O)(=O)c1cc(Br)c(Cl)c(C(=O)O)c1. The van der Waals surface area contributed by atoms with Crippen LogP contribution in [-0.4, -0.2) is 51.1 Å². The molecule has 0 saturated heterocycles. The minimum absolute atomic E-state index is 0.0391. The summed E-state index contributed by atoms with van der Waals surface area (Å²) in [5, 5.41) is 9.01. The van der Waals surface area contributed by atoms with E-state index in [-0.39, 0.29) is 26.0 Å². The van der Waals surface area contributed by atoms with E-state index in [1.165, 1.54) is 6.07 Å². The molecule has 1 rings (SSSR count). The van der Waals surface area contributed by atoms with Crippen LogP contribution in [0, 0.1) is 0 Å². The maximum Gasteiger partial charge on any atom is 0.337 e. The van der Waals surface area contributed by atoms with Gasteiger partial charge in [0.05, 0.1) is 15.5 Å². The van der Waals surface area contributed by atoms with Crippen molar-refractivity contribution in [1.29, 1.82) is 0 Å². The molecule has 0 fully saturated rings. The van der Waals surface area contributed by atoms with Gasteiger partial charge in [0.2, 0.25) is 10.0 Å². The van der Waals surface area contributed by atoms with E-state index >= 15 is 0 Å². The summed E-state index contributed by atoms with van der Waals surface area (Å²) in [6.45, 7) is 2.24. The molecule has 0 saturated carbocycles. The third kappa shape index (κ3) is 4.93. The highest BCUT2D eigenvalue weighted by molar-refractivity contribution is 9.10. The minimum Gasteiger partial charge on any atom is -0.478 e. The fraction of sp³-hybridized carbons (Fsp3) is 0.417. The van der Waals surface area contributed by atoms with Crippen molar-refractivity contribution in [2.24, 2.45) is 0 Å². The average Bonchev–Trinajstić information content (AvgIpc) is 2.29. The van der Waals surface area contributed by atoms with Crippen LogP contribution < -0.4 is 4.72 Å². The van der Waals surface area contributed by atoms with Crippen molar-refractivity contribution in [3.05, 3.63) is 27.2 Å². The third-order valence-electron chi connectivity index (χ3n) is 2.54. The first-order valence-corrected chi connectivity index (χ1v) is 8.59. The fourth-order valence-electron chi connectivity index (χ4n) is 1.79. The molecular formula is C12H16BrClN2O4S. The predicted molar refractivity (Wildman–Crippen MR) is 84.4 cm³/mol. The van der Waals surface area contributed by atoms with Crippen molar-refractivity contribution < 1.29 is 18.3 Å². The Morgan fingerprint density at radius 3 is 2.52 bits per heavy atom. The maximum absolute atomic E-state index is 12.3. The van der Waals surface area contributed by atoms with Crippen LogP contribution >= 0.6 is 27.5 Å². The molecule has 0 bridgehead atoms. The second-order valence-electron chi connectivity index (χ2n) is 4.86. The van der Waals surface area contributed by atoms with E-state index < -0.39 is 16.0 Å². The van der Waals surface area contributed by atoms with Crippen molar-refractivity contribution in [2.75, 3.05) is 20.6 Å². The van der Waals surface area contributed by atoms with Crippen LogP contribution in [0.3, 0.4) is 0 Å². The van der Waals surface area contributed by atoms with Gasteiger partial charge in [-0.05, 0) is 49.1 Å². The smallest absolute Gasteiger partial charge is 0.337 e. The van der Waals surface area contributed by atoms with Crippen molar-refractivity contribution in [3.8, 4) is 0 Å². The highest BCUT2D eigenvalue weighted by Crippen LogP contribution is 2.30. The molecule has 1 aromatic rings. The lowest BCUT2D eigenvalue weighted by Crippen LogP contribution is -2.39. The number of hydrogen-bond donors (Lipinski definition) is 2. The van der Waals surface area contributed by atoms with Gasteiger partial charge in [-0.25, -0.2) is 17.9 Å². The normalized spacial score (nSPS) is 13.4. The van der Waals surface area contributed by atoms with Crippen LogP contribution in [0.4, 0.5) is 0 Å². The standard InChI is InChI=1S/C12H16BrClN2O4S/c1-7(6-16(2)3)15-21(19,20)8-4-9(12(17)18)11(14)10(13)5-8/h4-5,7,15H,6H2,1-3H3,(H,17,18). The lowest BCUT2D eigenvalue weighted by molar-refractivity contribution is 0.0696. The Kier molecular flexibility index (Phi) is 6.18. The van der Waals surface area contributed by atoms with E-state index in [4.69, 9.17) is 16.7 Å². The molecule has 0 aromatic heterocycles. The first-order valence-electron chi connectivity index (χ1n) is 5.94. The Labute approximate surface area is 137 Å². The molecule has 0 spiro atoms. The number of aromatic carboxylic acids is 1. The monoisotopic (exact) mass is 398 g/mol. The molecule has 0 aliphatic rings. The van der Waals surface area contributed by atoms with Gasteiger partial charge in [-0.15, -0.1) is 0 Å². The summed E-state index contributed by atoms with van der Waals surface area (Å²) in [6, 6.07) is 1.99. The number of rotatable bonds is 6. The van der Waals surface area contributed by atoms with Gasteiger partial charge in [0.15, 0.2) is 0 Å². The van der Waals surface area contributed by atoms with E-state index in [2.05, 4.69) is 20.7 Å². The molecule has 6 nitrogen and oxygen atoms in total. The Hall–Kier alpha value is -0.670. The first-order chi connectivity index (χ1) is 9.54. The highest BCUT2D eigenvalue weighted by atomic mass is 79.9. The van der Waals surface area contributed by atoms with Gasteiger partial charge in [0, 0.05) is 17.1 Å². The molecule has 0 radical (unpaired) electrons. The quantitative estimate of drug-likeness (QED) is 0.764. The van der Waals surface area contributed by atoms with Crippen LogP contribution in [0.25, 0.3) is 0 Å². The van der Waals surface area contributed by atoms with Crippen LogP contribution in [0.2, 0.25) is 5.02 Å². The molecule has 0 aliphatic heterocycles. The van der Waals surface area contributed by atoms with Crippen molar-refractivity contribution in [1.82, 2.24) is 9.62 Å². The summed E-state index contributed by atoms with van der Waals surface area (Å²) in [5.41, 5.74) is -0.272. The molecular weight excluding hydrogens is 384 g/mol. The van der Waals surface area contributed by atoms with Gasteiger partial charge in [0.25, 0.3) is 0 Å². The van der Waals surface area contributed by atoms with Gasteiger partial charge in [-0.2, -0.15) is 0 Å². The zero-order valence-electron chi connectivity index (χ0n) is 11.7. The van der Waals surface area contributed by atoms with E-state index in [1.807, 2.05) is 19.0 Å². The molecule has 0 aliphatic carbocycles. The summed E-state index contributed by atoms with van der Waals surface area (Å²) in [5.74, 6) is -1.29. The Bertz CT molecular complexity index is 649. The van der Waals surface area contributed by atoms with Crippen molar-refractivity contribution in [3.63, 3.8) is 0 Å². The summed E-state index contributed by atoms with van der Waals surface area (Å²) >= 11 is 8.90. The Balaban J connectivity index is 3.17. The number of nitrogens with one attached hydrogen (secondary N) is 1. The topological polar surface area (TPSA) is 86.7 Å². The zero-order chi connectivity index (χ0) is 16.4. The van der Waals surface area contributed by atoms with Gasteiger partial charge in [0.1, 0.15) is 0 Å². The second-order valence-corrected chi connectivity index (χ2v) is 7.80. The summed E-state index contributed by atoms with van der Waals surface area (Å²) in [4.78, 5) is 12.8. The first kappa shape index (κ1) is 18.4. The maximum atomic E-state index is 12.3. The van der Waals surface area contributed by atoms with Crippen LogP contribution in [-0.2, 0) is 10.0 Å². The fourth-order valence-corrected chi connectivity index (χ4v) is 3.88. The van der Waals surface area contributed by atoms with Crippen LogP contribution in [0.15, 0.2) is 21.5 Å². The second kappa shape index (κ2) is 7.06. The molecule has 0 amide bonds. The summed E-state index contributed by atoms with van der Waals surface area (Å²) in [7, 11) is -0.178. The summed E-state index contributed by atoms with van der Waals surface area (Å²) < 4.78 is 27.3. The molecule has 2 N–H and O–H groups in total. The Morgan fingerprint density at radius 1 is 1.48 bits per heavy atom. The average molecular weight is 400 g/mol. The van der Waals surface area contributed by atoms with E-state index in [9.17, 15) is 13.2 Å². The van der Waals surface area contributed by atoms with E-state index in [0.717, 1.165) is 6.07 Å². The van der Waals surface area contributed by atoms with Gasteiger partial charge in [-0.3, -0.25) is 0 Å². The van der Waals surface area contributed by atoms with Crippen LogP contribution in [0.5, 0.6) is 0 Å². The number of hydrogen-bond acceptors (Lipinski definition) is 4. The minimum atomic E-state index is -3.83. The number of benzene rings is 1. The predicted octanol–water partition coefficient (Wildman–Crippen LogP) is 2.03. The van der Waals surface area contributed by atoms with E-state index in [0.29, 0.717) is 6.54 Å². The van der Waals surface area contributed by atoms with Crippen molar-refractivity contribution >= 4 is 43.5 Å². The lowest BCUT2D eigenvalue weighted by atomic mass is 10.2.